The van der Waals surface area contributed by atoms with Gasteiger partial charge in [-0.2, -0.15) is 5.10 Å². The van der Waals surface area contributed by atoms with Crippen LogP contribution < -0.4 is 5.32 Å². The second kappa shape index (κ2) is 4.75. The summed E-state index contributed by atoms with van der Waals surface area (Å²) in [6.45, 7) is 1.86. The number of aromatic nitrogens is 2. The van der Waals surface area contributed by atoms with Gasteiger partial charge in [0.15, 0.2) is 0 Å². The average Bonchev–Trinajstić information content (AvgIpc) is 2.65. The van der Waals surface area contributed by atoms with Crippen LogP contribution in [-0.2, 0) is 13.5 Å². The number of nitrogens with zero attached hydrogens (tertiary/aromatic N) is 2. The highest BCUT2D eigenvalue weighted by atomic mass is 19.1. The second-order valence-corrected chi connectivity index (χ2v) is 4.35. The van der Waals surface area contributed by atoms with Crippen molar-refractivity contribution in [3.63, 3.8) is 0 Å². The van der Waals surface area contributed by atoms with E-state index >= 15 is 0 Å². The van der Waals surface area contributed by atoms with Gasteiger partial charge in [-0.1, -0.05) is 0 Å². The van der Waals surface area contributed by atoms with E-state index in [9.17, 15) is 4.39 Å². The Hall–Kier alpha value is -0.900. The van der Waals surface area contributed by atoms with Crippen LogP contribution in [0, 0.1) is 5.92 Å². The Labute approximate surface area is 89.7 Å². The Balaban J connectivity index is 1.88. The van der Waals surface area contributed by atoms with E-state index in [0.717, 1.165) is 31.5 Å². The molecule has 0 amide bonds. The lowest BCUT2D eigenvalue weighted by atomic mass is 9.92. The van der Waals surface area contributed by atoms with E-state index in [4.69, 9.17) is 0 Å². The van der Waals surface area contributed by atoms with Crippen LogP contribution in [0.3, 0.4) is 0 Å². The molecule has 2 rings (SSSR count). The normalized spacial score (nSPS) is 24.0. The predicted molar refractivity (Wildman–Crippen MR) is 57.4 cm³/mol. The molecule has 1 saturated heterocycles. The second-order valence-electron chi connectivity index (χ2n) is 4.35. The van der Waals surface area contributed by atoms with Gasteiger partial charge < -0.3 is 5.32 Å². The third-order valence-corrected chi connectivity index (χ3v) is 3.04. The Morgan fingerprint density at radius 1 is 1.73 bits per heavy atom. The first-order valence-electron chi connectivity index (χ1n) is 5.58. The lowest BCUT2D eigenvalue weighted by molar-refractivity contribution is 0.191. The molecule has 0 radical (unpaired) electrons. The minimum atomic E-state index is -0.734. The molecular weight excluding hydrogens is 193 g/mol. The number of nitrogens with one attached hydrogen (secondary N) is 1. The highest BCUT2D eigenvalue weighted by Crippen LogP contribution is 2.20. The molecule has 1 aliphatic rings. The number of halogens is 1. The van der Waals surface area contributed by atoms with Crippen LogP contribution in [0.2, 0.25) is 0 Å². The Bertz CT molecular complexity index is 305. The van der Waals surface area contributed by atoms with Gasteiger partial charge in [0.25, 0.3) is 0 Å². The van der Waals surface area contributed by atoms with Crippen molar-refractivity contribution in [1.82, 2.24) is 15.1 Å². The number of alkyl halides is 1. The van der Waals surface area contributed by atoms with Crippen LogP contribution in [-0.4, -0.2) is 29.0 Å². The fourth-order valence-corrected chi connectivity index (χ4v) is 2.16. The minimum absolute atomic E-state index is 0.180. The molecular formula is C11H18FN3. The van der Waals surface area contributed by atoms with Crippen molar-refractivity contribution in [2.24, 2.45) is 13.0 Å². The zero-order chi connectivity index (χ0) is 10.7. The maximum atomic E-state index is 13.9. The van der Waals surface area contributed by atoms with Crippen LogP contribution in [0.4, 0.5) is 4.39 Å². The molecule has 0 aromatic carbocycles. The van der Waals surface area contributed by atoms with Crippen LogP contribution in [0.25, 0.3) is 0 Å². The molecule has 2 unspecified atom stereocenters. The van der Waals surface area contributed by atoms with Crippen LogP contribution in [0.1, 0.15) is 18.4 Å². The lowest BCUT2D eigenvalue weighted by Gasteiger charge is -2.25. The highest BCUT2D eigenvalue weighted by Gasteiger charge is 2.23. The van der Waals surface area contributed by atoms with Gasteiger partial charge in [0.05, 0.1) is 6.20 Å². The smallest absolute Gasteiger partial charge is 0.108 e. The van der Waals surface area contributed by atoms with Gasteiger partial charge in [0.2, 0.25) is 0 Å². The van der Waals surface area contributed by atoms with Gasteiger partial charge in [-0.05, 0) is 24.9 Å². The maximum absolute atomic E-state index is 13.9. The number of rotatable bonds is 3. The van der Waals surface area contributed by atoms with Crippen molar-refractivity contribution in [3.05, 3.63) is 18.0 Å². The molecule has 1 N–H and O–H groups in total. The van der Waals surface area contributed by atoms with Crippen molar-refractivity contribution >= 4 is 0 Å². The average molecular weight is 211 g/mol. The summed E-state index contributed by atoms with van der Waals surface area (Å²) >= 11 is 0. The zero-order valence-corrected chi connectivity index (χ0v) is 9.12. The molecule has 3 nitrogen and oxygen atoms in total. The molecule has 0 saturated carbocycles. The molecule has 1 fully saturated rings. The standard InChI is InChI=1S/C11H18FN3/c1-15-8-9(6-14-15)5-11(12)10-3-2-4-13-7-10/h6,8,10-11,13H,2-5,7H2,1H3. The van der Waals surface area contributed by atoms with Crippen molar-refractivity contribution in [1.29, 1.82) is 0 Å². The molecule has 2 heterocycles. The van der Waals surface area contributed by atoms with Gasteiger partial charge in [-0.15, -0.1) is 0 Å². The van der Waals surface area contributed by atoms with Crippen LogP contribution in [0.15, 0.2) is 12.4 Å². The maximum Gasteiger partial charge on any atom is 0.108 e. The number of hydrogen-bond acceptors (Lipinski definition) is 2. The fourth-order valence-electron chi connectivity index (χ4n) is 2.16. The van der Waals surface area contributed by atoms with Gasteiger partial charge in [-0.25, -0.2) is 4.39 Å². The van der Waals surface area contributed by atoms with E-state index in [1.54, 1.807) is 10.9 Å². The first-order chi connectivity index (χ1) is 7.25. The van der Waals surface area contributed by atoms with Crippen molar-refractivity contribution in [3.8, 4) is 0 Å². The summed E-state index contributed by atoms with van der Waals surface area (Å²) in [7, 11) is 1.86. The summed E-state index contributed by atoms with van der Waals surface area (Å²) in [4.78, 5) is 0. The fraction of sp³-hybridized carbons (Fsp3) is 0.727. The van der Waals surface area contributed by atoms with E-state index in [0.29, 0.717) is 6.42 Å². The summed E-state index contributed by atoms with van der Waals surface area (Å²) < 4.78 is 15.6. The van der Waals surface area contributed by atoms with E-state index in [2.05, 4.69) is 10.4 Å². The van der Waals surface area contributed by atoms with E-state index in [1.807, 2.05) is 13.2 Å². The molecule has 84 valence electrons. The molecule has 4 heteroatoms. The number of piperidine rings is 1. The van der Waals surface area contributed by atoms with Gasteiger partial charge in [-0.3, -0.25) is 4.68 Å². The minimum Gasteiger partial charge on any atom is -0.316 e. The van der Waals surface area contributed by atoms with Gasteiger partial charge in [0.1, 0.15) is 6.17 Å². The van der Waals surface area contributed by atoms with Crippen molar-refractivity contribution in [2.75, 3.05) is 13.1 Å². The van der Waals surface area contributed by atoms with E-state index < -0.39 is 6.17 Å². The monoisotopic (exact) mass is 211 g/mol. The summed E-state index contributed by atoms with van der Waals surface area (Å²) in [5, 5.41) is 7.30. The summed E-state index contributed by atoms with van der Waals surface area (Å²) in [5.41, 5.74) is 0.996. The summed E-state index contributed by atoms with van der Waals surface area (Å²) in [5.74, 6) is 0.180. The quantitative estimate of drug-likeness (QED) is 0.816. The molecule has 1 aliphatic heterocycles. The first-order valence-corrected chi connectivity index (χ1v) is 5.58. The highest BCUT2D eigenvalue weighted by molar-refractivity contribution is 5.05. The van der Waals surface area contributed by atoms with Gasteiger partial charge >= 0.3 is 0 Å². The summed E-state index contributed by atoms with van der Waals surface area (Å²) in [6, 6.07) is 0. The molecule has 0 spiro atoms. The lowest BCUT2D eigenvalue weighted by Crippen LogP contribution is -2.35. The van der Waals surface area contributed by atoms with Crippen molar-refractivity contribution < 1.29 is 4.39 Å². The first kappa shape index (κ1) is 10.6. The molecule has 1 aromatic rings. The number of hydrogen-bond donors (Lipinski definition) is 1. The van der Waals surface area contributed by atoms with E-state index in [1.165, 1.54) is 0 Å². The topological polar surface area (TPSA) is 29.9 Å². The Morgan fingerprint density at radius 3 is 3.20 bits per heavy atom. The molecule has 0 aliphatic carbocycles. The predicted octanol–water partition coefficient (Wildman–Crippen LogP) is 1.30. The Kier molecular flexibility index (Phi) is 3.36. The van der Waals surface area contributed by atoms with Gasteiger partial charge in [0, 0.05) is 32.1 Å². The van der Waals surface area contributed by atoms with Crippen molar-refractivity contribution in [2.45, 2.75) is 25.4 Å². The Morgan fingerprint density at radius 2 is 2.60 bits per heavy atom. The third kappa shape index (κ3) is 2.78. The summed E-state index contributed by atoms with van der Waals surface area (Å²) in [6.07, 6.45) is 5.51. The SMILES string of the molecule is Cn1cc(CC(F)C2CCCNC2)cn1. The largest absolute Gasteiger partial charge is 0.316 e. The van der Waals surface area contributed by atoms with E-state index in [-0.39, 0.29) is 5.92 Å². The zero-order valence-electron chi connectivity index (χ0n) is 9.12. The number of aryl methyl sites for hydroxylation is 1. The molecule has 1 aromatic heterocycles. The molecule has 0 bridgehead atoms. The molecule has 15 heavy (non-hydrogen) atoms. The third-order valence-electron chi connectivity index (χ3n) is 3.04. The van der Waals surface area contributed by atoms with Crippen LogP contribution >= 0.6 is 0 Å². The molecule has 2 atom stereocenters. The van der Waals surface area contributed by atoms with Crippen LogP contribution in [0.5, 0.6) is 0 Å².